The number of nitrogens with one attached hydrogen (secondary N) is 1. The van der Waals surface area contributed by atoms with Gasteiger partial charge in [-0.15, -0.1) is 10.2 Å². The molecule has 0 aliphatic rings. The number of nitrogens with zero attached hydrogens (tertiary/aromatic N) is 4. The number of thioether (sulfide) groups is 1. The number of carbonyl (C=O) groups excluding carboxylic acids is 1. The number of amides is 1. The van der Waals surface area contributed by atoms with Crippen LogP contribution in [0.4, 0.5) is 11.4 Å². The average molecular weight is 382 g/mol. The number of anilines is 2. The largest absolute Gasteiger partial charge is 0.378 e. The molecule has 0 saturated heterocycles. The molecule has 0 saturated carbocycles. The number of carbonyl (C=O) groups is 1. The van der Waals surface area contributed by atoms with Crippen LogP contribution in [0.2, 0.25) is 0 Å². The highest BCUT2D eigenvalue weighted by atomic mass is 32.2. The lowest BCUT2D eigenvalue weighted by Crippen LogP contribution is -2.14. The van der Waals surface area contributed by atoms with Crippen LogP contribution in [0.5, 0.6) is 0 Å². The van der Waals surface area contributed by atoms with Crippen molar-refractivity contribution in [2.75, 3.05) is 24.3 Å². The van der Waals surface area contributed by atoms with E-state index in [4.69, 9.17) is 0 Å². The second-order valence-corrected chi connectivity index (χ2v) is 7.82. The smallest absolute Gasteiger partial charge is 0.255 e. The van der Waals surface area contributed by atoms with Crippen molar-refractivity contribution in [1.29, 1.82) is 0 Å². The molecule has 1 heterocycles. The van der Waals surface area contributed by atoms with E-state index < -0.39 is 0 Å². The minimum absolute atomic E-state index is 0.121. The predicted molar refractivity (Wildman–Crippen MR) is 110 cm³/mol. The monoisotopic (exact) mass is 381 g/mol. The van der Waals surface area contributed by atoms with Gasteiger partial charge >= 0.3 is 0 Å². The molecule has 2 aromatic carbocycles. The maximum atomic E-state index is 12.6. The van der Waals surface area contributed by atoms with Crippen molar-refractivity contribution < 1.29 is 4.79 Å². The van der Waals surface area contributed by atoms with Crippen LogP contribution in [0, 0.1) is 0 Å². The Morgan fingerprint density at radius 2 is 1.96 bits per heavy atom. The van der Waals surface area contributed by atoms with Crippen LogP contribution in [0.15, 0.2) is 60.0 Å². The molecule has 1 N–H and O–H groups in total. The van der Waals surface area contributed by atoms with Crippen LogP contribution in [-0.4, -0.2) is 34.8 Å². The standard InChI is InChI=1S/C20H23N5OS/c1-14(27-20-23-21-13-25(20)4)15-7-5-9-17(11-15)22-19(26)16-8-6-10-18(12-16)24(2)3/h5-14H,1-4H3,(H,22,26)/t14-/m0/s1. The normalized spacial score (nSPS) is 11.9. The molecule has 27 heavy (non-hydrogen) atoms. The average Bonchev–Trinajstić information content (AvgIpc) is 3.06. The van der Waals surface area contributed by atoms with Gasteiger partial charge in [0.1, 0.15) is 6.33 Å². The van der Waals surface area contributed by atoms with Gasteiger partial charge in [0, 0.05) is 43.3 Å². The Kier molecular flexibility index (Phi) is 5.81. The SMILES string of the molecule is C[C@H](Sc1nncn1C)c1cccc(NC(=O)c2cccc(N(C)C)c2)c1. The topological polar surface area (TPSA) is 63.1 Å². The van der Waals surface area contributed by atoms with Crippen LogP contribution < -0.4 is 10.2 Å². The van der Waals surface area contributed by atoms with Crippen molar-refractivity contribution in [2.45, 2.75) is 17.3 Å². The third kappa shape index (κ3) is 4.68. The molecule has 6 nitrogen and oxygen atoms in total. The summed E-state index contributed by atoms with van der Waals surface area (Å²) in [6.07, 6.45) is 1.69. The van der Waals surface area contributed by atoms with Crippen LogP contribution >= 0.6 is 11.8 Å². The van der Waals surface area contributed by atoms with E-state index in [-0.39, 0.29) is 11.2 Å². The van der Waals surface area contributed by atoms with Crippen LogP contribution in [0.25, 0.3) is 0 Å². The summed E-state index contributed by atoms with van der Waals surface area (Å²) in [6, 6.07) is 15.5. The minimum atomic E-state index is -0.121. The van der Waals surface area contributed by atoms with Crippen LogP contribution in [0.3, 0.4) is 0 Å². The van der Waals surface area contributed by atoms with E-state index in [1.54, 1.807) is 18.1 Å². The van der Waals surface area contributed by atoms with Crippen molar-refractivity contribution in [3.05, 3.63) is 66.0 Å². The lowest BCUT2D eigenvalue weighted by atomic mass is 10.1. The molecule has 1 atom stereocenters. The highest BCUT2D eigenvalue weighted by Gasteiger charge is 2.13. The molecule has 0 aliphatic carbocycles. The number of benzene rings is 2. The maximum absolute atomic E-state index is 12.6. The molecule has 1 aromatic heterocycles. The molecular weight excluding hydrogens is 358 g/mol. The molecule has 3 aromatic rings. The van der Waals surface area contributed by atoms with Crippen molar-refractivity contribution in [1.82, 2.24) is 14.8 Å². The number of hydrogen-bond donors (Lipinski definition) is 1. The van der Waals surface area contributed by atoms with E-state index >= 15 is 0 Å². The molecule has 0 radical (unpaired) electrons. The third-order valence-electron chi connectivity index (χ3n) is 4.19. The van der Waals surface area contributed by atoms with E-state index in [0.29, 0.717) is 5.56 Å². The molecule has 0 fully saturated rings. The Labute approximate surface area is 163 Å². The van der Waals surface area contributed by atoms with Gasteiger partial charge in [-0.25, -0.2) is 0 Å². The summed E-state index contributed by atoms with van der Waals surface area (Å²) in [5, 5.41) is 12.1. The molecule has 0 bridgehead atoms. The molecule has 0 unspecified atom stereocenters. The first-order valence-corrected chi connectivity index (χ1v) is 9.51. The summed E-state index contributed by atoms with van der Waals surface area (Å²) in [6.45, 7) is 2.11. The summed E-state index contributed by atoms with van der Waals surface area (Å²) < 4.78 is 1.89. The molecule has 3 rings (SSSR count). The second-order valence-electron chi connectivity index (χ2n) is 6.51. The molecule has 140 valence electrons. The Bertz CT molecular complexity index is 937. The van der Waals surface area contributed by atoms with Gasteiger partial charge in [-0.1, -0.05) is 30.0 Å². The first-order chi connectivity index (χ1) is 12.9. The fourth-order valence-electron chi connectivity index (χ4n) is 2.60. The van der Waals surface area contributed by atoms with Gasteiger partial charge in [-0.05, 0) is 42.8 Å². The number of rotatable bonds is 6. The Morgan fingerprint density at radius 3 is 2.67 bits per heavy atom. The first-order valence-electron chi connectivity index (χ1n) is 8.63. The number of hydrogen-bond acceptors (Lipinski definition) is 5. The molecular formula is C20H23N5OS. The second kappa shape index (κ2) is 8.26. The zero-order valence-corrected chi connectivity index (χ0v) is 16.7. The van der Waals surface area contributed by atoms with Crippen LogP contribution in [-0.2, 0) is 7.05 Å². The van der Waals surface area contributed by atoms with Crippen molar-refractivity contribution >= 4 is 29.0 Å². The quantitative estimate of drug-likeness (QED) is 0.654. The summed E-state index contributed by atoms with van der Waals surface area (Å²) >= 11 is 1.63. The molecule has 0 aliphatic heterocycles. The molecule has 0 spiro atoms. The Hall–Kier alpha value is -2.80. The van der Waals surface area contributed by atoms with E-state index in [1.165, 1.54) is 0 Å². The van der Waals surface area contributed by atoms with Crippen molar-refractivity contribution in [2.24, 2.45) is 7.05 Å². The Balaban J connectivity index is 1.72. The first kappa shape index (κ1) is 19.0. The summed E-state index contributed by atoms with van der Waals surface area (Å²) in [7, 11) is 5.83. The van der Waals surface area contributed by atoms with Gasteiger partial charge in [0.2, 0.25) is 0 Å². The minimum Gasteiger partial charge on any atom is -0.378 e. The van der Waals surface area contributed by atoms with Gasteiger partial charge in [-0.3, -0.25) is 4.79 Å². The summed E-state index contributed by atoms with van der Waals surface area (Å²) in [4.78, 5) is 14.6. The fourth-order valence-corrected chi connectivity index (χ4v) is 3.51. The summed E-state index contributed by atoms with van der Waals surface area (Å²) in [5.41, 5.74) is 3.51. The fraction of sp³-hybridized carbons (Fsp3) is 0.250. The van der Waals surface area contributed by atoms with Crippen LogP contribution in [0.1, 0.15) is 28.1 Å². The van der Waals surface area contributed by atoms with Gasteiger partial charge in [0.05, 0.1) is 0 Å². The van der Waals surface area contributed by atoms with Gasteiger partial charge in [0.15, 0.2) is 5.16 Å². The third-order valence-corrected chi connectivity index (χ3v) is 5.40. The number of aromatic nitrogens is 3. The van der Waals surface area contributed by atoms with E-state index in [1.807, 2.05) is 73.1 Å². The molecule has 1 amide bonds. The van der Waals surface area contributed by atoms with Gasteiger partial charge < -0.3 is 14.8 Å². The Morgan fingerprint density at radius 1 is 1.19 bits per heavy atom. The zero-order chi connectivity index (χ0) is 19.4. The van der Waals surface area contributed by atoms with Gasteiger partial charge in [-0.2, -0.15) is 0 Å². The lowest BCUT2D eigenvalue weighted by Gasteiger charge is -2.14. The van der Waals surface area contributed by atoms with E-state index in [9.17, 15) is 4.79 Å². The predicted octanol–water partition coefficient (Wildman–Crippen LogP) is 3.99. The lowest BCUT2D eigenvalue weighted by molar-refractivity contribution is 0.102. The number of aryl methyl sites for hydroxylation is 1. The van der Waals surface area contributed by atoms with Crippen molar-refractivity contribution in [3.63, 3.8) is 0 Å². The van der Waals surface area contributed by atoms with Gasteiger partial charge in [0.25, 0.3) is 5.91 Å². The summed E-state index contributed by atoms with van der Waals surface area (Å²) in [5.74, 6) is -0.121. The van der Waals surface area contributed by atoms with E-state index in [0.717, 1.165) is 22.1 Å². The molecule has 7 heteroatoms. The van der Waals surface area contributed by atoms with Crippen molar-refractivity contribution in [3.8, 4) is 0 Å². The maximum Gasteiger partial charge on any atom is 0.255 e. The highest BCUT2D eigenvalue weighted by Crippen LogP contribution is 2.34. The zero-order valence-electron chi connectivity index (χ0n) is 15.9. The van der Waals surface area contributed by atoms with E-state index in [2.05, 4.69) is 28.5 Å². The highest BCUT2D eigenvalue weighted by molar-refractivity contribution is 7.99.